The van der Waals surface area contributed by atoms with Gasteiger partial charge in [-0.2, -0.15) is 0 Å². The fourth-order valence-corrected chi connectivity index (χ4v) is 1.77. The molecule has 0 bridgehead atoms. The second kappa shape index (κ2) is 8.94. The Labute approximate surface area is 123 Å². The second-order valence-electron chi connectivity index (χ2n) is 5.05. The van der Waals surface area contributed by atoms with Gasteiger partial charge in [-0.15, -0.1) is 0 Å². The van der Waals surface area contributed by atoms with Gasteiger partial charge in [0.05, 0.1) is 0 Å². The smallest absolute Gasteiger partial charge is 0.314 e. The molecule has 0 aliphatic carbocycles. The van der Waals surface area contributed by atoms with E-state index >= 15 is 0 Å². The molecule has 0 fully saturated rings. The van der Waals surface area contributed by atoms with Gasteiger partial charge >= 0.3 is 12.0 Å². The molecular formula is C15H21FN2O3. The zero-order valence-electron chi connectivity index (χ0n) is 12.1. The highest BCUT2D eigenvalue weighted by molar-refractivity contribution is 5.73. The summed E-state index contributed by atoms with van der Waals surface area (Å²) in [6.45, 7) is 2.79. The molecule has 116 valence electrons. The lowest BCUT2D eigenvalue weighted by Gasteiger charge is -2.12. The van der Waals surface area contributed by atoms with Gasteiger partial charge in [-0.05, 0) is 36.5 Å². The van der Waals surface area contributed by atoms with E-state index in [2.05, 4.69) is 10.6 Å². The molecule has 1 atom stereocenters. The van der Waals surface area contributed by atoms with Gasteiger partial charge in [-0.25, -0.2) is 9.18 Å². The number of carbonyl (C=O) groups is 2. The molecule has 5 nitrogen and oxygen atoms in total. The number of hydrogen-bond donors (Lipinski definition) is 3. The van der Waals surface area contributed by atoms with E-state index in [-0.39, 0.29) is 24.2 Å². The van der Waals surface area contributed by atoms with Gasteiger partial charge in [0.15, 0.2) is 0 Å². The Hall–Kier alpha value is -2.11. The molecule has 2 amide bonds. The number of carbonyl (C=O) groups excluding carboxylic acids is 1. The van der Waals surface area contributed by atoms with Crippen LogP contribution in [0.4, 0.5) is 9.18 Å². The number of carboxylic acid groups (broad SMARTS) is 1. The maximum atomic E-state index is 12.7. The maximum absolute atomic E-state index is 12.7. The Morgan fingerprint density at radius 1 is 1.24 bits per heavy atom. The molecule has 0 saturated heterocycles. The summed E-state index contributed by atoms with van der Waals surface area (Å²) in [7, 11) is 0. The van der Waals surface area contributed by atoms with Crippen LogP contribution < -0.4 is 10.6 Å². The molecule has 0 heterocycles. The number of halogens is 1. The van der Waals surface area contributed by atoms with Crippen molar-refractivity contribution < 1.29 is 19.1 Å². The van der Waals surface area contributed by atoms with Gasteiger partial charge in [0, 0.05) is 19.5 Å². The normalized spacial score (nSPS) is 11.7. The summed E-state index contributed by atoms with van der Waals surface area (Å²) in [5.41, 5.74) is 0.950. The first-order valence-corrected chi connectivity index (χ1v) is 6.95. The largest absolute Gasteiger partial charge is 0.481 e. The molecule has 1 aromatic carbocycles. The van der Waals surface area contributed by atoms with Crippen LogP contribution in [0.1, 0.15) is 25.3 Å². The third-order valence-corrected chi connectivity index (χ3v) is 3.07. The first kappa shape index (κ1) is 16.9. The molecule has 0 aromatic heterocycles. The number of aliphatic carboxylic acids is 1. The third-order valence-electron chi connectivity index (χ3n) is 3.07. The molecule has 0 radical (unpaired) electrons. The minimum absolute atomic E-state index is 0.106. The first-order valence-electron chi connectivity index (χ1n) is 6.95. The molecule has 0 aliphatic heterocycles. The van der Waals surface area contributed by atoms with Crippen molar-refractivity contribution in [1.29, 1.82) is 0 Å². The number of urea groups is 1. The number of amides is 2. The van der Waals surface area contributed by atoms with Crippen LogP contribution in [0.3, 0.4) is 0 Å². The second-order valence-corrected chi connectivity index (χ2v) is 5.05. The average molecular weight is 296 g/mol. The molecule has 0 aliphatic rings. The van der Waals surface area contributed by atoms with Crippen LogP contribution >= 0.6 is 0 Å². The van der Waals surface area contributed by atoms with E-state index in [9.17, 15) is 14.0 Å². The van der Waals surface area contributed by atoms with E-state index in [1.54, 1.807) is 12.1 Å². The van der Waals surface area contributed by atoms with Crippen molar-refractivity contribution in [2.45, 2.75) is 26.2 Å². The minimum atomic E-state index is -0.828. The summed E-state index contributed by atoms with van der Waals surface area (Å²) in [6, 6.07) is 5.87. The van der Waals surface area contributed by atoms with Crippen molar-refractivity contribution in [3.63, 3.8) is 0 Å². The van der Waals surface area contributed by atoms with Gasteiger partial charge in [0.25, 0.3) is 0 Å². The van der Waals surface area contributed by atoms with E-state index in [0.29, 0.717) is 25.9 Å². The number of benzene rings is 1. The van der Waals surface area contributed by atoms with Crippen LogP contribution in [0.2, 0.25) is 0 Å². The van der Waals surface area contributed by atoms with Crippen LogP contribution in [0, 0.1) is 11.7 Å². The lowest BCUT2D eigenvalue weighted by Crippen LogP contribution is -2.38. The van der Waals surface area contributed by atoms with E-state index < -0.39 is 5.97 Å². The van der Waals surface area contributed by atoms with Gasteiger partial charge in [-0.3, -0.25) is 4.79 Å². The van der Waals surface area contributed by atoms with Crippen LogP contribution in [-0.4, -0.2) is 30.2 Å². The van der Waals surface area contributed by atoms with Crippen LogP contribution in [0.25, 0.3) is 0 Å². The Kier molecular flexibility index (Phi) is 7.21. The molecular weight excluding hydrogens is 275 g/mol. The zero-order chi connectivity index (χ0) is 15.7. The molecule has 0 spiro atoms. The monoisotopic (exact) mass is 296 g/mol. The Morgan fingerprint density at radius 2 is 1.90 bits per heavy atom. The summed E-state index contributed by atoms with van der Waals surface area (Å²) in [5.74, 6) is -0.991. The fraction of sp³-hybridized carbons (Fsp3) is 0.467. The summed E-state index contributed by atoms with van der Waals surface area (Å²) in [6.07, 6.45) is 1.27. The van der Waals surface area contributed by atoms with Crippen molar-refractivity contribution in [1.82, 2.24) is 10.6 Å². The van der Waals surface area contributed by atoms with Crippen LogP contribution in [0.5, 0.6) is 0 Å². The Bertz CT molecular complexity index is 462. The number of nitrogens with one attached hydrogen (secondary N) is 2. The number of rotatable bonds is 8. The molecule has 1 unspecified atom stereocenters. The predicted octanol–water partition coefficient (Wildman–Crippen LogP) is 2.17. The lowest BCUT2D eigenvalue weighted by atomic mass is 10.1. The summed E-state index contributed by atoms with van der Waals surface area (Å²) in [4.78, 5) is 21.9. The van der Waals surface area contributed by atoms with Crippen LogP contribution in [0.15, 0.2) is 24.3 Å². The van der Waals surface area contributed by atoms with Crippen molar-refractivity contribution >= 4 is 12.0 Å². The molecule has 1 rings (SSSR count). The molecule has 0 saturated carbocycles. The molecule has 1 aromatic rings. The van der Waals surface area contributed by atoms with Crippen LogP contribution in [-0.2, 0) is 11.2 Å². The fourth-order valence-electron chi connectivity index (χ4n) is 1.77. The maximum Gasteiger partial charge on any atom is 0.314 e. The third kappa shape index (κ3) is 7.91. The van der Waals surface area contributed by atoms with Crippen molar-refractivity contribution in [3.8, 4) is 0 Å². The first-order chi connectivity index (χ1) is 9.97. The lowest BCUT2D eigenvalue weighted by molar-refractivity contribution is -0.137. The van der Waals surface area contributed by atoms with E-state index in [4.69, 9.17) is 5.11 Å². The Balaban J connectivity index is 2.13. The molecule has 21 heavy (non-hydrogen) atoms. The summed E-state index contributed by atoms with van der Waals surface area (Å²) >= 11 is 0. The average Bonchev–Trinajstić information content (AvgIpc) is 2.45. The van der Waals surface area contributed by atoms with Crippen molar-refractivity contribution in [3.05, 3.63) is 35.6 Å². The standard InChI is InChI=1S/C15H21FN2O3/c1-11(2-7-14(19)20)10-18-15(21)17-9-8-12-3-5-13(16)6-4-12/h3-6,11H,2,7-10H2,1H3,(H,19,20)(H2,17,18,21). The minimum Gasteiger partial charge on any atom is -0.481 e. The zero-order valence-corrected chi connectivity index (χ0v) is 12.1. The van der Waals surface area contributed by atoms with E-state index in [1.165, 1.54) is 12.1 Å². The quantitative estimate of drug-likeness (QED) is 0.688. The summed E-state index contributed by atoms with van der Waals surface area (Å²) < 4.78 is 12.7. The van der Waals surface area contributed by atoms with Gasteiger partial charge in [0.1, 0.15) is 5.82 Å². The van der Waals surface area contributed by atoms with Gasteiger partial charge in [-0.1, -0.05) is 19.1 Å². The highest BCUT2D eigenvalue weighted by Gasteiger charge is 2.07. The topological polar surface area (TPSA) is 78.4 Å². The van der Waals surface area contributed by atoms with Gasteiger partial charge < -0.3 is 15.7 Å². The molecule has 6 heteroatoms. The van der Waals surface area contributed by atoms with Gasteiger partial charge in [0.2, 0.25) is 0 Å². The van der Waals surface area contributed by atoms with Crippen molar-refractivity contribution in [2.75, 3.05) is 13.1 Å². The SMILES string of the molecule is CC(CCC(=O)O)CNC(=O)NCCc1ccc(F)cc1. The number of carboxylic acids is 1. The van der Waals surface area contributed by atoms with E-state index in [1.807, 2.05) is 6.92 Å². The predicted molar refractivity (Wildman–Crippen MR) is 77.5 cm³/mol. The Morgan fingerprint density at radius 3 is 2.52 bits per heavy atom. The highest BCUT2D eigenvalue weighted by Crippen LogP contribution is 2.04. The van der Waals surface area contributed by atoms with Crippen molar-refractivity contribution in [2.24, 2.45) is 5.92 Å². The van der Waals surface area contributed by atoms with E-state index in [0.717, 1.165) is 5.56 Å². The molecule has 3 N–H and O–H groups in total. The highest BCUT2D eigenvalue weighted by atomic mass is 19.1. The number of hydrogen-bond acceptors (Lipinski definition) is 2. The summed E-state index contributed by atoms with van der Waals surface area (Å²) in [5, 5.41) is 14.0.